The molecule has 1 aromatic rings. The van der Waals surface area contributed by atoms with Crippen LogP contribution in [-0.2, 0) is 4.74 Å². The first-order valence-electron chi connectivity index (χ1n) is 6.61. The summed E-state index contributed by atoms with van der Waals surface area (Å²) in [6.45, 7) is 4.79. The van der Waals surface area contributed by atoms with E-state index >= 15 is 0 Å². The number of nitrogens with one attached hydrogen (secondary N) is 1. The molecule has 0 aromatic carbocycles. The van der Waals surface area contributed by atoms with Crippen LogP contribution in [0.1, 0.15) is 24.2 Å². The van der Waals surface area contributed by atoms with Gasteiger partial charge in [-0.1, -0.05) is 0 Å². The minimum absolute atomic E-state index is 0.150. The van der Waals surface area contributed by atoms with Crippen molar-refractivity contribution in [2.75, 3.05) is 11.9 Å². The summed E-state index contributed by atoms with van der Waals surface area (Å²) in [7, 11) is 0. The Labute approximate surface area is 107 Å². The van der Waals surface area contributed by atoms with Crippen LogP contribution in [0.5, 0.6) is 0 Å². The molecule has 5 nitrogen and oxygen atoms in total. The molecule has 1 aliphatic carbocycles. The molecule has 1 aliphatic heterocycles. The van der Waals surface area contributed by atoms with Gasteiger partial charge in [-0.3, -0.25) is 0 Å². The van der Waals surface area contributed by atoms with Crippen molar-refractivity contribution in [2.45, 2.75) is 44.9 Å². The van der Waals surface area contributed by atoms with Crippen molar-refractivity contribution < 1.29 is 4.74 Å². The van der Waals surface area contributed by atoms with E-state index in [4.69, 9.17) is 10.5 Å². The van der Waals surface area contributed by atoms with Crippen LogP contribution < -0.4 is 11.1 Å². The third kappa shape index (κ3) is 1.97. The SMILES string of the molecule is Cc1cc(C)nc(NC2C(N)C3CCCOC32)n1. The normalized spacial score (nSPS) is 34.6. The number of nitrogens with two attached hydrogens (primary N) is 1. The van der Waals surface area contributed by atoms with Crippen molar-refractivity contribution in [1.82, 2.24) is 9.97 Å². The molecule has 3 N–H and O–H groups in total. The third-order valence-corrected chi connectivity index (χ3v) is 3.96. The second kappa shape index (κ2) is 4.48. The van der Waals surface area contributed by atoms with E-state index in [0.29, 0.717) is 11.9 Å². The molecule has 0 amide bonds. The molecule has 2 heterocycles. The molecule has 1 saturated carbocycles. The Kier molecular flexibility index (Phi) is 2.95. The van der Waals surface area contributed by atoms with Gasteiger partial charge in [0.1, 0.15) is 0 Å². The lowest BCUT2D eigenvalue weighted by Gasteiger charge is -2.52. The van der Waals surface area contributed by atoms with Crippen LogP contribution >= 0.6 is 0 Å². The molecule has 1 aromatic heterocycles. The summed E-state index contributed by atoms with van der Waals surface area (Å²) < 4.78 is 5.79. The van der Waals surface area contributed by atoms with Gasteiger partial charge in [0, 0.05) is 30.0 Å². The molecular weight excluding hydrogens is 228 g/mol. The predicted octanol–water partition coefficient (Wildman–Crippen LogP) is 1.01. The van der Waals surface area contributed by atoms with Gasteiger partial charge in [-0.15, -0.1) is 0 Å². The minimum atomic E-state index is 0.150. The van der Waals surface area contributed by atoms with Crippen LogP contribution in [0.2, 0.25) is 0 Å². The Balaban J connectivity index is 1.72. The first-order chi connectivity index (χ1) is 8.65. The smallest absolute Gasteiger partial charge is 0.223 e. The largest absolute Gasteiger partial charge is 0.376 e. The van der Waals surface area contributed by atoms with Crippen LogP contribution in [0.25, 0.3) is 0 Å². The number of nitrogens with zero attached hydrogens (tertiary/aromatic N) is 2. The van der Waals surface area contributed by atoms with Gasteiger partial charge in [0.15, 0.2) is 0 Å². The number of fused-ring (bicyclic) bond motifs is 1. The number of hydrogen-bond acceptors (Lipinski definition) is 5. The first-order valence-corrected chi connectivity index (χ1v) is 6.61. The Bertz CT molecular complexity index is 430. The number of hydrogen-bond donors (Lipinski definition) is 2. The van der Waals surface area contributed by atoms with Gasteiger partial charge in [-0.2, -0.15) is 0 Å². The quantitative estimate of drug-likeness (QED) is 0.817. The van der Waals surface area contributed by atoms with Gasteiger partial charge in [-0.25, -0.2) is 9.97 Å². The second-order valence-corrected chi connectivity index (χ2v) is 5.36. The molecule has 1 saturated heterocycles. The average Bonchev–Trinajstić information content (AvgIpc) is 2.34. The highest BCUT2D eigenvalue weighted by atomic mass is 16.5. The summed E-state index contributed by atoms with van der Waals surface area (Å²) >= 11 is 0. The molecule has 0 spiro atoms. The van der Waals surface area contributed by atoms with Crippen LogP contribution in [0.4, 0.5) is 5.95 Å². The maximum absolute atomic E-state index is 6.20. The van der Waals surface area contributed by atoms with Gasteiger partial charge >= 0.3 is 0 Å². The lowest BCUT2D eigenvalue weighted by atomic mass is 9.69. The van der Waals surface area contributed by atoms with Crippen LogP contribution in [0.15, 0.2) is 6.07 Å². The topological polar surface area (TPSA) is 73.1 Å². The zero-order valence-corrected chi connectivity index (χ0v) is 10.9. The zero-order chi connectivity index (χ0) is 12.7. The molecule has 0 radical (unpaired) electrons. The fourth-order valence-corrected chi connectivity index (χ4v) is 3.07. The second-order valence-electron chi connectivity index (χ2n) is 5.36. The summed E-state index contributed by atoms with van der Waals surface area (Å²) in [5, 5.41) is 3.34. The monoisotopic (exact) mass is 248 g/mol. The van der Waals surface area contributed by atoms with Gasteiger partial charge in [-0.05, 0) is 32.8 Å². The third-order valence-electron chi connectivity index (χ3n) is 3.96. The molecule has 5 heteroatoms. The highest BCUT2D eigenvalue weighted by Gasteiger charge is 2.50. The fraction of sp³-hybridized carbons (Fsp3) is 0.692. The van der Waals surface area contributed by atoms with E-state index < -0.39 is 0 Å². The maximum Gasteiger partial charge on any atom is 0.223 e. The lowest BCUT2D eigenvalue weighted by Crippen LogP contribution is -2.69. The van der Waals surface area contributed by atoms with Crippen LogP contribution in [-0.4, -0.2) is 34.8 Å². The van der Waals surface area contributed by atoms with E-state index in [1.807, 2.05) is 19.9 Å². The minimum Gasteiger partial charge on any atom is -0.376 e. The molecule has 3 rings (SSSR count). The Morgan fingerprint density at radius 3 is 2.78 bits per heavy atom. The van der Waals surface area contributed by atoms with Gasteiger partial charge in [0.25, 0.3) is 0 Å². The number of aromatic nitrogens is 2. The van der Waals surface area contributed by atoms with Gasteiger partial charge < -0.3 is 15.8 Å². The van der Waals surface area contributed by atoms with Crippen molar-refractivity contribution in [3.8, 4) is 0 Å². The van der Waals surface area contributed by atoms with Crippen molar-refractivity contribution in [3.63, 3.8) is 0 Å². The molecular formula is C13H20N4O. The maximum atomic E-state index is 6.20. The Morgan fingerprint density at radius 1 is 1.33 bits per heavy atom. The summed E-state index contributed by atoms with van der Waals surface area (Å²) in [4.78, 5) is 8.79. The summed E-state index contributed by atoms with van der Waals surface area (Å²) in [6.07, 6.45) is 2.54. The molecule has 18 heavy (non-hydrogen) atoms. The van der Waals surface area contributed by atoms with E-state index in [-0.39, 0.29) is 18.2 Å². The molecule has 4 atom stereocenters. The summed E-state index contributed by atoms with van der Waals surface area (Å²) in [6, 6.07) is 2.27. The first kappa shape index (κ1) is 11.9. The van der Waals surface area contributed by atoms with Crippen molar-refractivity contribution >= 4 is 5.95 Å². The summed E-state index contributed by atoms with van der Waals surface area (Å²) in [5.74, 6) is 1.17. The van der Waals surface area contributed by atoms with Gasteiger partial charge in [0.2, 0.25) is 5.95 Å². The lowest BCUT2D eigenvalue weighted by molar-refractivity contribution is -0.104. The number of rotatable bonds is 2. The van der Waals surface area contributed by atoms with Crippen molar-refractivity contribution in [3.05, 3.63) is 17.5 Å². The molecule has 4 unspecified atom stereocenters. The highest BCUT2D eigenvalue weighted by molar-refractivity contribution is 5.33. The van der Waals surface area contributed by atoms with Crippen molar-refractivity contribution in [1.29, 1.82) is 0 Å². The molecule has 0 bridgehead atoms. The zero-order valence-electron chi connectivity index (χ0n) is 10.9. The molecule has 98 valence electrons. The van der Waals surface area contributed by atoms with E-state index in [1.54, 1.807) is 0 Å². The average molecular weight is 248 g/mol. The highest BCUT2D eigenvalue weighted by Crippen LogP contribution is 2.38. The Hall–Kier alpha value is -1.20. The molecule has 2 aliphatic rings. The van der Waals surface area contributed by atoms with E-state index in [9.17, 15) is 0 Å². The van der Waals surface area contributed by atoms with E-state index in [0.717, 1.165) is 24.4 Å². The Morgan fingerprint density at radius 2 is 2.06 bits per heavy atom. The van der Waals surface area contributed by atoms with Crippen molar-refractivity contribution in [2.24, 2.45) is 11.7 Å². The van der Waals surface area contributed by atoms with Crippen LogP contribution in [0.3, 0.4) is 0 Å². The summed E-state index contributed by atoms with van der Waals surface area (Å²) in [5.41, 5.74) is 8.15. The fourth-order valence-electron chi connectivity index (χ4n) is 3.07. The molecule has 2 fully saturated rings. The standard InChI is InChI=1S/C13H20N4O/c1-7-6-8(2)16-13(15-7)17-11-10(14)9-4-3-5-18-12(9)11/h6,9-12H,3-5,14H2,1-2H3,(H,15,16,17). The number of aryl methyl sites for hydroxylation is 2. The number of ether oxygens (including phenoxy) is 1. The number of anilines is 1. The predicted molar refractivity (Wildman–Crippen MR) is 69.4 cm³/mol. The van der Waals surface area contributed by atoms with Gasteiger partial charge in [0.05, 0.1) is 12.1 Å². The van der Waals surface area contributed by atoms with Crippen LogP contribution in [0, 0.1) is 19.8 Å². The van der Waals surface area contributed by atoms with E-state index in [1.165, 1.54) is 6.42 Å². The van der Waals surface area contributed by atoms with E-state index in [2.05, 4.69) is 15.3 Å².